The molecule has 110 valence electrons. The molecule has 4 nitrogen and oxygen atoms in total. The van der Waals surface area contributed by atoms with Crippen molar-refractivity contribution >= 4 is 28.6 Å². The fourth-order valence-corrected chi connectivity index (χ4v) is 5.66. The van der Waals surface area contributed by atoms with Crippen molar-refractivity contribution < 1.29 is 9.59 Å². The first-order valence-corrected chi connectivity index (χ1v) is 8.22. The third-order valence-corrected chi connectivity index (χ3v) is 7.19. The molecule has 0 aromatic heterocycles. The van der Waals surface area contributed by atoms with Crippen molar-refractivity contribution in [2.45, 2.75) is 58.2 Å². The van der Waals surface area contributed by atoms with Crippen LogP contribution in [0.2, 0.25) is 0 Å². The van der Waals surface area contributed by atoms with Gasteiger partial charge < -0.3 is 5.32 Å². The van der Waals surface area contributed by atoms with E-state index in [0.717, 1.165) is 12.8 Å². The molecule has 3 aliphatic rings. The van der Waals surface area contributed by atoms with Gasteiger partial charge in [-0.05, 0) is 30.6 Å². The highest BCUT2D eigenvalue weighted by Crippen LogP contribution is 2.66. The van der Waals surface area contributed by atoms with E-state index < -0.39 is 0 Å². The molecule has 0 spiro atoms. The lowest BCUT2D eigenvalue weighted by atomic mass is 9.71. The number of ketones is 1. The number of carbonyl (C=O) groups is 2. The highest BCUT2D eigenvalue weighted by Gasteiger charge is 2.66. The molecule has 0 aromatic carbocycles. The number of carbonyl (C=O) groups excluding carboxylic acids is 2. The molecule has 4 atom stereocenters. The first-order valence-electron chi connectivity index (χ1n) is 7.34. The average molecular weight is 294 g/mol. The Labute approximate surface area is 124 Å². The first-order chi connectivity index (χ1) is 9.25. The number of rotatable bonds is 1. The maximum atomic E-state index is 12.6. The Hall–Kier alpha value is -0.840. The molecule has 0 saturated heterocycles. The Morgan fingerprint density at radius 1 is 1.30 bits per heavy atom. The Morgan fingerprint density at radius 3 is 2.55 bits per heavy atom. The predicted octanol–water partition coefficient (Wildman–Crippen LogP) is 2.38. The molecule has 2 saturated carbocycles. The van der Waals surface area contributed by atoms with E-state index in [-0.39, 0.29) is 33.9 Å². The average Bonchev–Trinajstić information content (AvgIpc) is 2.62. The number of hydrogen-bond donors (Lipinski definition) is 1. The van der Waals surface area contributed by atoms with Crippen molar-refractivity contribution in [1.82, 2.24) is 5.32 Å². The van der Waals surface area contributed by atoms with Gasteiger partial charge >= 0.3 is 0 Å². The summed E-state index contributed by atoms with van der Waals surface area (Å²) in [5.74, 6) is 0.529. The summed E-state index contributed by atoms with van der Waals surface area (Å²) in [5, 5.41) is 3.39. The van der Waals surface area contributed by atoms with Gasteiger partial charge in [0.25, 0.3) is 0 Å². The van der Waals surface area contributed by atoms with Crippen molar-refractivity contribution in [3.05, 3.63) is 0 Å². The van der Waals surface area contributed by atoms with E-state index >= 15 is 0 Å². The van der Waals surface area contributed by atoms with E-state index in [9.17, 15) is 9.59 Å². The second kappa shape index (κ2) is 4.33. The van der Waals surface area contributed by atoms with Gasteiger partial charge in [-0.1, -0.05) is 32.5 Å². The second-order valence-electron chi connectivity index (χ2n) is 7.17. The zero-order chi connectivity index (χ0) is 14.7. The number of thioether (sulfide) groups is 1. The third-order valence-electron chi connectivity index (χ3n) is 5.77. The topological polar surface area (TPSA) is 58.5 Å². The lowest BCUT2D eigenvalue weighted by Gasteiger charge is -2.38. The van der Waals surface area contributed by atoms with Crippen LogP contribution < -0.4 is 5.32 Å². The van der Waals surface area contributed by atoms with Crippen LogP contribution in [0.1, 0.15) is 47.0 Å². The Bertz CT molecular complexity index is 514. The normalized spacial score (nSPS) is 42.6. The highest BCUT2D eigenvalue weighted by atomic mass is 32.2. The number of nitrogens with one attached hydrogen (secondary N) is 1. The smallest absolute Gasteiger partial charge is 0.228 e. The Balaban J connectivity index is 1.86. The molecule has 5 heteroatoms. The van der Waals surface area contributed by atoms with Crippen LogP contribution >= 0.6 is 11.8 Å². The first kappa shape index (κ1) is 14.1. The quantitative estimate of drug-likeness (QED) is 0.808. The lowest BCUT2D eigenvalue weighted by Crippen LogP contribution is -2.41. The molecule has 2 bridgehead atoms. The van der Waals surface area contributed by atoms with Crippen molar-refractivity contribution in [2.24, 2.45) is 21.7 Å². The molecule has 2 fully saturated rings. The number of fused-ring (bicyclic) bond motifs is 2. The van der Waals surface area contributed by atoms with Crippen molar-refractivity contribution in [2.75, 3.05) is 0 Å². The molecule has 3 rings (SSSR count). The van der Waals surface area contributed by atoms with Crippen LogP contribution in [0.3, 0.4) is 0 Å². The molecule has 2 aliphatic carbocycles. The van der Waals surface area contributed by atoms with Crippen LogP contribution in [-0.4, -0.2) is 28.1 Å². The van der Waals surface area contributed by atoms with E-state index in [1.54, 1.807) is 0 Å². The number of amidine groups is 1. The van der Waals surface area contributed by atoms with Gasteiger partial charge in [0.1, 0.15) is 5.78 Å². The molecular formula is C15H22N2O2S. The van der Waals surface area contributed by atoms with E-state index in [0.29, 0.717) is 17.4 Å². The van der Waals surface area contributed by atoms with Crippen LogP contribution in [0.4, 0.5) is 0 Å². The minimum Gasteiger partial charge on any atom is -0.305 e. The number of nitrogens with zero attached hydrogens (tertiary/aromatic N) is 1. The van der Waals surface area contributed by atoms with Crippen LogP contribution in [0.25, 0.3) is 0 Å². The Kier molecular flexibility index (Phi) is 3.05. The molecule has 20 heavy (non-hydrogen) atoms. The minimum atomic E-state index is -0.0689. The summed E-state index contributed by atoms with van der Waals surface area (Å²) in [6, 6.07) is 0.0146. The number of Topliss-reactive ketones (excluding diaryl/α,β-unsaturated/α-hetero) is 1. The van der Waals surface area contributed by atoms with Gasteiger partial charge in [-0.15, -0.1) is 0 Å². The monoisotopic (exact) mass is 294 g/mol. The maximum Gasteiger partial charge on any atom is 0.228 e. The molecular weight excluding hydrogens is 272 g/mol. The maximum absolute atomic E-state index is 12.6. The molecule has 1 heterocycles. The van der Waals surface area contributed by atoms with Crippen molar-refractivity contribution in [3.8, 4) is 0 Å². The van der Waals surface area contributed by atoms with E-state index in [4.69, 9.17) is 0 Å². The molecule has 1 N–H and O–H groups in total. The largest absolute Gasteiger partial charge is 0.305 e. The fourth-order valence-electron chi connectivity index (χ4n) is 4.07. The zero-order valence-corrected chi connectivity index (χ0v) is 13.3. The van der Waals surface area contributed by atoms with Crippen LogP contribution in [-0.2, 0) is 9.59 Å². The summed E-state index contributed by atoms with van der Waals surface area (Å²) in [6.45, 7) is 8.60. The van der Waals surface area contributed by atoms with Crippen molar-refractivity contribution in [1.29, 1.82) is 0 Å². The summed E-state index contributed by atoms with van der Waals surface area (Å²) in [4.78, 5) is 28.7. The van der Waals surface area contributed by atoms with Gasteiger partial charge in [0, 0.05) is 12.3 Å². The zero-order valence-electron chi connectivity index (χ0n) is 12.5. The lowest BCUT2D eigenvalue weighted by molar-refractivity contribution is -0.122. The molecule has 0 radical (unpaired) electrons. The highest BCUT2D eigenvalue weighted by molar-refractivity contribution is 8.15. The van der Waals surface area contributed by atoms with Crippen LogP contribution in [0, 0.1) is 16.7 Å². The van der Waals surface area contributed by atoms with Gasteiger partial charge in [0.05, 0.1) is 11.3 Å². The number of hydrogen-bond acceptors (Lipinski definition) is 4. The number of aliphatic imine (C=N–C) groups is 1. The molecule has 1 amide bonds. The molecule has 1 aliphatic heterocycles. The van der Waals surface area contributed by atoms with Gasteiger partial charge in [0.15, 0.2) is 5.17 Å². The number of amides is 1. The summed E-state index contributed by atoms with van der Waals surface area (Å²) >= 11 is 1.48. The van der Waals surface area contributed by atoms with Gasteiger partial charge in [0.2, 0.25) is 5.91 Å². The van der Waals surface area contributed by atoms with Crippen LogP contribution in [0.15, 0.2) is 4.99 Å². The summed E-state index contributed by atoms with van der Waals surface area (Å²) in [5.41, 5.74) is 0.0555. The van der Waals surface area contributed by atoms with Crippen LogP contribution in [0.5, 0.6) is 0 Å². The van der Waals surface area contributed by atoms with Gasteiger partial charge in [-0.25, -0.2) is 0 Å². The fraction of sp³-hybridized carbons (Fsp3) is 0.800. The summed E-state index contributed by atoms with van der Waals surface area (Å²) in [6.07, 6.45) is 2.54. The minimum absolute atomic E-state index is 0.00729. The molecule has 0 aromatic rings. The third kappa shape index (κ3) is 1.78. The van der Waals surface area contributed by atoms with E-state index in [1.165, 1.54) is 11.8 Å². The predicted molar refractivity (Wildman–Crippen MR) is 80.7 cm³/mol. The standard InChI is InChI=1S/C15H22N2O2S/c1-8-7-10(18)17-13(16-8)20-12-11(19)9-5-6-15(12,4)14(9,2)3/h8-9,12H,5-7H2,1-4H3,(H,16,17,18)/t8-,9+,12-,15+/m1/s1. The summed E-state index contributed by atoms with van der Waals surface area (Å²) in [7, 11) is 0. The SMILES string of the molecule is C[C@@H]1CC(=O)NC(S[C@@H]2C(=O)[C@@H]3CC[C@]2(C)C3(C)C)=N1. The Morgan fingerprint density at radius 2 is 2.00 bits per heavy atom. The van der Waals surface area contributed by atoms with Gasteiger partial charge in [-0.3, -0.25) is 14.6 Å². The molecule has 0 unspecified atom stereocenters. The van der Waals surface area contributed by atoms with E-state index in [2.05, 4.69) is 31.1 Å². The summed E-state index contributed by atoms with van der Waals surface area (Å²) < 4.78 is 0. The second-order valence-corrected chi connectivity index (χ2v) is 8.26. The van der Waals surface area contributed by atoms with Gasteiger partial charge in [-0.2, -0.15) is 0 Å². The van der Waals surface area contributed by atoms with Crippen molar-refractivity contribution in [3.63, 3.8) is 0 Å². The van der Waals surface area contributed by atoms with E-state index in [1.807, 2.05) is 6.92 Å².